The summed E-state index contributed by atoms with van der Waals surface area (Å²) in [5, 5.41) is 1.05. The number of hydrogen-bond donors (Lipinski definition) is 1. The Balaban J connectivity index is 1.18. The van der Waals surface area contributed by atoms with Crippen molar-refractivity contribution in [3.63, 3.8) is 0 Å². The number of amides is 2. The van der Waals surface area contributed by atoms with Crippen LogP contribution in [0.15, 0.2) is 52.6 Å². The molecule has 10 nitrogen and oxygen atoms in total. The van der Waals surface area contributed by atoms with Crippen LogP contribution in [0.3, 0.4) is 0 Å². The highest BCUT2D eigenvalue weighted by atomic mass is 32.2. The molecule has 3 aliphatic carbocycles. The predicted molar refractivity (Wildman–Crippen MR) is 192 cm³/mol. The van der Waals surface area contributed by atoms with Gasteiger partial charge in [-0.1, -0.05) is 43.9 Å². The number of rotatable bonds is 6. The second-order valence-corrected chi connectivity index (χ2v) is 17.4. The number of likely N-dealkylation sites (N-methyl/N-ethyl adjacent to an activating group) is 1. The average molecular weight is 700 g/mol. The number of nitrogens with one attached hydrogen (secondary N) is 1. The lowest BCUT2D eigenvalue weighted by molar-refractivity contribution is -0.141. The largest absolute Gasteiger partial charge is 0.496 e. The van der Waals surface area contributed by atoms with Gasteiger partial charge in [-0.3, -0.25) is 9.59 Å². The Morgan fingerprint density at radius 2 is 1.66 bits per heavy atom. The zero-order chi connectivity index (χ0) is 34.3. The number of piperazine rings is 1. The van der Waals surface area contributed by atoms with Crippen molar-refractivity contribution >= 4 is 32.9 Å². The van der Waals surface area contributed by atoms with Gasteiger partial charge in [-0.15, -0.1) is 0 Å². The fraction of sp³-hybridized carbons (Fsp3) is 0.590. The van der Waals surface area contributed by atoms with E-state index in [1.54, 1.807) is 7.11 Å². The van der Waals surface area contributed by atoms with E-state index in [0.29, 0.717) is 37.5 Å². The molecule has 0 spiro atoms. The molecule has 1 aromatic heterocycles. The lowest BCUT2D eigenvalue weighted by atomic mass is 9.75. The maximum absolute atomic E-state index is 14.9. The van der Waals surface area contributed by atoms with Crippen LogP contribution in [-0.2, 0) is 26.3 Å². The van der Waals surface area contributed by atoms with Crippen molar-refractivity contribution in [2.24, 2.45) is 5.92 Å². The van der Waals surface area contributed by atoms with Gasteiger partial charge in [-0.25, -0.2) is 4.72 Å². The van der Waals surface area contributed by atoms with Gasteiger partial charge in [0.1, 0.15) is 5.75 Å². The summed E-state index contributed by atoms with van der Waals surface area (Å²) in [6, 6.07) is 7.03. The number of benzene rings is 1. The Morgan fingerprint density at radius 1 is 0.940 bits per heavy atom. The lowest BCUT2D eigenvalue weighted by Crippen LogP contribution is -2.56. The minimum atomic E-state index is -3.96. The molecule has 266 valence electrons. The first kappa shape index (κ1) is 32.5. The predicted octanol–water partition coefficient (Wildman–Crippen LogP) is 5.13. The Morgan fingerprint density at radius 3 is 2.38 bits per heavy atom. The van der Waals surface area contributed by atoms with Crippen molar-refractivity contribution in [1.82, 2.24) is 23.4 Å². The van der Waals surface area contributed by atoms with Gasteiger partial charge in [0.25, 0.3) is 5.91 Å². The van der Waals surface area contributed by atoms with E-state index in [2.05, 4.69) is 56.5 Å². The van der Waals surface area contributed by atoms with E-state index in [9.17, 15) is 18.0 Å². The van der Waals surface area contributed by atoms with Crippen LogP contribution in [0.25, 0.3) is 10.9 Å². The van der Waals surface area contributed by atoms with E-state index in [1.807, 2.05) is 0 Å². The summed E-state index contributed by atoms with van der Waals surface area (Å²) in [4.78, 5) is 33.4. The molecular weight excluding hydrogens is 651 g/mol. The summed E-state index contributed by atoms with van der Waals surface area (Å²) in [7, 11) is -0.0929. The number of methoxy groups -OCH3 is 1. The summed E-state index contributed by atoms with van der Waals surface area (Å²) >= 11 is 0. The fourth-order valence-electron chi connectivity index (χ4n) is 10.5. The molecule has 4 aliphatic heterocycles. The molecule has 2 bridgehead atoms. The number of piperidine rings is 1. The molecule has 1 aromatic carbocycles. The van der Waals surface area contributed by atoms with Crippen molar-refractivity contribution in [2.75, 3.05) is 40.3 Å². The normalized spacial score (nSPS) is 28.7. The zero-order valence-electron chi connectivity index (χ0n) is 29.3. The number of hydrogen-bond acceptors (Lipinski definition) is 6. The number of likely N-dealkylation sites (tertiary alicyclic amines) is 1. The summed E-state index contributed by atoms with van der Waals surface area (Å²) < 4.78 is 38.9. The van der Waals surface area contributed by atoms with Gasteiger partial charge in [0.2, 0.25) is 5.91 Å². The van der Waals surface area contributed by atoms with Gasteiger partial charge in [0.15, 0.2) is 0 Å². The number of nitrogens with zero attached hydrogens (tertiary/aromatic N) is 4. The lowest BCUT2D eigenvalue weighted by Gasteiger charge is -2.43. The minimum Gasteiger partial charge on any atom is -0.496 e. The third-order valence-corrected chi connectivity index (χ3v) is 14.3. The highest BCUT2D eigenvalue weighted by Crippen LogP contribution is 2.55. The third kappa shape index (κ3) is 5.20. The average Bonchev–Trinajstić information content (AvgIpc) is 3.66. The Bertz CT molecular complexity index is 1950. The summed E-state index contributed by atoms with van der Waals surface area (Å²) in [5.74, 6) is 0.309. The van der Waals surface area contributed by atoms with Crippen molar-refractivity contribution in [1.29, 1.82) is 0 Å². The summed E-state index contributed by atoms with van der Waals surface area (Å²) in [6.07, 6.45) is 15.4. The molecule has 2 amide bonds. The third-order valence-electron chi connectivity index (χ3n) is 12.8. The molecule has 2 aromatic rings. The van der Waals surface area contributed by atoms with Crippen molar-refractivity contribution < 1.29 is 22.7 Å². The van der Waals surface area contributed by atoms with Crippen LogP contribution in [0, 0.1) is 5.92 Å². The summed E-state index contributed by atoms with van der Waals surface area (Å²) in [6.45, 7) is 3.11. The number of carbonyl (C=O) groups is 2. The van der Waals surface area contributed by atoms with Crippen LogP contribution in [0.2, 0.25) is 0 Å². The van der Waals surface area contributed by atoms with E-state index < -0.39 is 16.1 Å². The van der Waals surface area contributed by atoms with E-state index >= 15 is 0 Å². The first-order valence-corrected chi connectivity index (χ1v) is 20.4. The van der Waals surface area contributed by atoms with Crippen LogP contribution >= 0.6 is 0 Å². The number of ether oxygens (including phenoxy) is 1. The van der Waals surface area contributed by atoms with Gasteiger partial charge < -0.3 is 19.1 Å². The smallest absolute Gasteiger partial charge is 0.304 e. The van der Waals surface area contributed by atoms with Crippen LogP contribution < -0.4 is 9.46 Å². The maximum Gasteiger partial charge on any atom is 0.304 e. The Hall–Kier alpha value is -3.41. The van der Waals surface area contributed by atoms with Crippen molar-refractivity contribution in [3.05, 3.63) is 63.9 Å². The molecule has 50 heavy (non-hydrogen) atoms. The van der Waals surface area contributed by atoms with Crippen molar-refractivity contribution in [2.45, 2.75) is 101 Å². The molecule has 11 heteroatoms. The van der Waals surface area contributed by atoms with Crippen LogP contribution in [0.4, 0.5) is 0 Å². The van der Waals surface area contributed by atoms with E-state index in [-0.39, 0.29) is 29.8 Å². The second kappa shape index (κ2) is 12.4. The van der Waals surface area contributed by atoms with E-state index in [1.165, 1.54) is 29.1 Å². The Labute approximate surface area is 295 Å². The number of fused-ring (bicyclic) bond motifs is 8. The Kier molecular flexibility index (Phi) is 8.04. The van der Waals surface area contributed by atoms with Gasteiger partial charge in [-0.05, 0) is 92.3 Å². The standard InChI is InChI=1S/C39H49N5O5S/c1-41-21-25-14-15-26(22-41)44(25)39(46)29-13-9-12-28-34(29)32-20-30-33(49-2)17-16-27(24-10-5-3-6-11-24)37(30)43(32)23-31-35(28)36(31)38(45)40-50(47,48)42-18-7-4-8-19-42/h9,12,16-17,20,24-26,29,34H,3-8,10-11,13-15,18-19,21-23H2,1-2H3,(H,40,45)/t25?,26?,29-,34?/m1/s1. The first-order valence-electron chi connectivity index (χ1n) is 18.9. The molecule has 4 atom stereocenters. The van der Waals surface area contributed by atoms with Crippen LogP contribution in [-0.4, -0.2) is 91.3 Å². The maximum atomic E-state index is 14.9. The zero-order valence-corrected chi connectivity index (χ0v) is 30.1. The molecule has 3 unspecified atom stereocenters. The minimum absolute atomic E-state index is 0.206. The van der Waals surface area contributed by atoms with Gasteiger partial charge >= 0.3 is 10.2 Å². The molecule has 3 saturated heterocycles. The number of carbonyl (C=O) groups excluding carboxylic acids is 2. The first-order chi connectivity index (χ1) is 24.2. The molecule has 7 aliphatic rings. The fourth-order valence-corrected chi connectivity index (χ4v) is 11.7. The van der Waals surface area contributed by atoms with Crippen molar-refractivity contribution in [3.8, 4) is 5.75 Å². The molecule has 1 saturated carbocycles. The highest BCUT2D eigenvalue weighted by molar-refractivity contribution is 7.87. The highest BCUT2D eigenvalue weighted by Gasteiger charge is 2.51. The number of aromatic nitrogens is 1. The number of allylic oxidation sites excluding steroid dienone is 4. The van der Waals surface area contributed by atoms with E-state index in [0.717, 1.165) is 97.1 Å². The molecule has 0 radical (unpaired) electrons. The molecule has 1 N–H and O–H groups in total. The van der Waals surface area contributed by atoms with Gasteiger partial charge in [-0.2, -0.15) is 12.7 Å². The SMILES string of the molecule is COc1ccc(C2CCCCC2)c2c1cc1n2CC2=C(C(=O)NS(=O)(=O)N3CCCCC3)C2=C2C=CC[C@@H](C(=O)N3C4CCC3CN(C)C4)C21. The van der Waals surface area contributed by atoms with E-state index in [4.69, 9.17) is 4.74 Å². The molecule has 5 heterocycles. The molecule has 9 rings (SSSR count). The second-order valence-electron chi connectivity index (χ2n) is 15.8. The van der Waals surface area contributed by atoms with Gasteiger partial charge in [0, 0.05) is 61.8 Å². The van der Waals surface area contributed by atoms with Crippen LogP contribution in [0.5, 0.6) is 5.75 Å². The summed E-state index contributed by atoms with van der Waals surface area (Å²) in [5.41, 5.74) is 6.69. The van der Waals surface area contributed by atoms with Crippen LogP contribution in [0.1, 0.15) is 93.7 Å². The quantitative estimate of drug-likeness (QED) is 0.449. The monoisotopic (exact) mass is 699 g/mol. The topological polar surface area (TPSA) is 104 Å². The molecule has 4 fully saturated rings. The molecular formula is C39H49N5O5S. The van der Waals surface area contributed by atoms with Gasteiger partial charge in [0.05, 0.1) is 24.1 Å².